The molecule has 0 aliphatic rings. The number of hydrogen-bond donors (Lipinski definition) is 0. The molecule has 27 heavy (non-hydrogen) atoms. The van der Waals surface area contributed by atoms with Crippen molar-refractivity contribution in [1.82, 2.24) is 19.3 Å². The summed E-state index contributed by atoms with van der Waals surface area (Å²) < 4.78 is 34.2. The number of benzene rings is 1. The van der Waals surface area contributed by atoms with E-state index < -0.39 is 18.6 Å². The number of alkyl halides is 2. The van der Waals surface area contributed by atoms with Crippen molar-refractivity contribution >= 4 is 17.0 Å². The van der Waals surface area contributed by atoms with E-state index in [2.05, 4.69) is 10.1 Å². The van der Waals surface area contributed by atoms with E-state index in [-0.39, 0.29) is 22.6 Å². The predicted molar refractivity (Wildman–Crippen MR) is 93.6 cm³/mol. The first kappa shape index (κ1) is 18.7. The molecule has 0 N–H and O–H groups in total. The SMILES string of the molecule is CCCn1nc(C(=O)OC(C)c2nc3ccccc3n2C(F)F)ccc1=O. The number of ether oxygens (including phenoxy) is 1. The van der Waals surface area contributed by atoms with Crippen molar-refractivity contribution in [3.8, 4) is 0 Å². The van der Waals surface area contributed by atoms with E-state index in [4.69, 9.17) is 4.74 Å². The van der Waals surface area contributed by atoms with Gasteiger partial charge >= 0.3 is 12.5 Å². The van der Waals surface area contributed by atoms with E-state index >= 15 is 0 Å². The summed E-state index contributed by atoms with van der Waals surface area (Å²) in [4.78, 5) is 28.2. The molecule has 1 atom stereocenters. The van der Waals surface area contributed by atoms with E-state index in [0.717, 1.165) is 9.25 Å². The molecule has 9 heteroatoms. The molecular weight excluding hydrogens is 358 g/mol. The molecule has 2 heterocycles. The Morgan fingerprint density at radius 2 is 1.96 bits per heavy atom. The predicted octanol–water partition coefficient (Wildman–Crippen LogP) is 3.32. The number of esters is 1. The van der Waals surface area contributed by atoms with Crippen LogP contribution in [0.5, 0.6) is 0 Å². The maximum Gasteiger partial charge on any atom is 0.359 e. The molecule has 0 radical (unpaired) electrons. The highest BCUT2D eigenvalue weighted by Crippen LogP contribution is 2.28. The molecule has 3 aromatic rings. The van der Waals surface area contributed by atoms with Gasteiger partial charge in [-0.05, 0) is 31.5 Å². The maximum atomic E-state index is 13.5. The van der Waals surface area contributed by atoms with Crippen LogP contribution in [0.4, 0.5) is 8.78 Å². The van der Waals surface area contributed by atoms with Crippen molar-refractivity contribution in [1.29, 1.82) is 0 Å². The summed E-state index contributed by atoms with van der Waals surface area (Å²) in [5.41, 5.74) is 0.223. The minimum atomic E-state index is -2.84. The molecule has 0 aliphatic carbocycles. The van der Waals surface area contributed by atoms with E-state index in [0.29, 0.717) is 18.5 Å². The number of imidazole rings is 1. The summed E-state index contributed by atoms with van der Waals surface area (Å²) in [6, 6.07) is 8.91. The summed E-state index contributed by atoms with van der Waals surface area (Å²) in [6.45, 7) is 0.852. The molecule has 0 spiro atoms. The zero-order chi connectivity index (χ0) is 19.6. The molecule has 0 bridgehead atoms. The molecule has 0 amide bonds. The van der Waals surface area contributed by atoms with Crippen molar-refractivity contribution < 1.29 is 18.3 Å². The average molecular weight is 376 g/mol. The fourth-order valence-corrected chi connectivity index (χ4v) is 2.76. The second kappa shape index (κ2) is 7.65. The van der Waals surface area contributed by atoms with Gasteiger partial charge in [0.25, 0.3) is 5.56 Å². The Kier molecular flexibility index (Phi) is 5.29. The number of hydrogen-bond acceptors (Lipinski definition) is 5. The Bertz CT molecular complexity index is 1030. The van der Waals surface area contributed by atoms with Gasteiger partial charge in [0.15, 0.2) is 17.6 Å². The van der Waals surface area contributed by atoms with Crippen LogP contribution in [-0.2, 0) is 11.3 Å². The number of fused-ring (bicyclic) bond motifs is 1. The molecule has 0 saturated heterocycles. The molecule has 2 aromatic heterocycles. The first-order valence-corrected chi connectivity index (χ1v) is 8.46. The number of carbonyl (C=O) groups excluding carboxylic acids is 1. The van der Waals surface area contributed by atoms with Crippen molar-refractivity contribution in [2.75, 3.05) is 0 Å². The van der Waals surface area contributed by atoms with Crippen LogP contribution >= 0.6 is 0 Å². The molecule has 1 unspecified atom stereocenters. The lowest BCUT2D eigenvalue weighted by Crippen LogP contribution is -2.25. The Balaban J connectivity index is 1.89. The third kappa shape index (κ3) is 3.71. The normalized spacial score (nSPS) is 12.5. The lowest BCUT2D eigenvalue weighted by Gasteiger charge is -2.15. The fraction of sp³-hybridized carbons (Fsp3) is 0.333. The van der Waals surface area contributed by atoms with Gasteiger partial charge in [0.05, 0.1) is 11.0 Å². The second-order valence-corrected chi connectivity index (χ2v) is 5.93. The zero-order valence-electron chi connectivity index (χ0n) is 14.8. The number of nitrogens with zero attached hydrogens (tertiary/aromatic N) is 4. The summed E-state index contributed by atoms with van der Waals surface area (Å²) >= 11 is 0. The fourth-order valence-electron chi connectivity index (χ4n) is 2.76. The van der Waals surface area contributed by atoms with Crippen LogP contribution in [0.2, 0.25) is 0 Å². The molecule has 1 aromatic carbocycles. The largest absolute Gasteiger partial charge is 0.450 e. The van der Waals surface area contributed by atoms with Gasteiger partial charge in [-0.3, -0.25) is 9.36 Å². The topological polar surface area (TPSA) is 79.0 Å². The van der Waals surface area contributed by atoms with Gasteiger partial charge in [-0.1, -0.05) is 19.1 Å². The summed E-state index contributed by atoms with van der Waals surface area (Å²) in [5.74, 6) is -0.887. The van der Waals surface area contributed by atoms with Gasteiger partial charge < -0.3 is 4.74 Å². The number of aromatic nitrogens is 4. The highest BCUT2D eigenvalue weighted by atomic mass is 19.3. The van der Waals surface area contributed by atoms with Gasteiger partial charge in [0.1, 0.15) is 0 Å². The summed E-state index contributed by atoms with van der Waals surface area (Å²) in [6.07, 6.45) is -0.368. The number of halogens is 2. The highest BCUT2D eigenvalue weighted by Gasteiger charge is 2.25. The van der Waals surface area contributed by atoms with Crippen molar-refractivity contribution in [2.45, 2.75) is 39.5 Å². The standard InChI is InChI=1S/C18H18F2N4O3/c1-3-10-23-15(25)9-8-13(22-23)17(26)27-11(2)16-21-12-6-4-5-7-14(12)24(16)18(19)20/h4-9,11,18H,3,10H2,1-2H3. The van der Waals surface area contributed by atoms with E-state index in [9.17, 15) is 18.4 Å². The number of carbonyl (C=O) groups is 1. The van der Waals surface area contributed by atoms with Crippen molar-refractivity contribution in [2.24, 2.45) is 0 Å². The third-order valence-corrected chi connectivity index (χ3v) is 3.98. The van der Waals surface area contributed by atoms with Gasteiger partial charge in [-0.15, -0.1) is 0 Å². The minimum absolute atomic E-state index is 0.0681. The van der Waals surface area contributed by atoms with Crippen LogP contribution in [-0.4, -0.2) is 25.3 Å². The molecule has 0 saturated carbocycles. The quantitative estimate of drug-likeness (QED) is 0.617. The van der Waals surface area contributed by atoms with Crippen LogP contribution < -0.4 is 5.56 Å². The Morgan fingerprint density at radius 1 is 1.22 bits per heavy atom. The Hall–Kier alpha value is -3.10. The van der Waals surface area contributed by atoms with Crippen molar-refractivity contribution in [3.05, 3.63) is 58.3 Å². The Morgan fingerprint density at radius 3 is 2.67 bits per heavy atom. The molecular formula is C18H18F2N4O3. The average Bonchev–Trinajstić information content (AvgIpc) is 3.03. The van der Waals surface area contributed by atoms with E-state index in [1.807, 2.05) is 6.92 Å². The monoisotopic (exact) mass is 376 g/mol. The highest BCUT2D eigenvalue weighted by molar-refractivity contribution is 5.87. The van der Waals surface area contributed by atoms with Gasteiger partial charge in [-0.2, -0.15) is 13.9 Å². The first-order chi connectivity index (χ1) is 12.9. The lowest BCUT2D eigenvalue weighted by molar-refractivity contribution is 0.0225. The smallest absolute Gasteiger partial charge is 0.359 e. The number of aryl methyl sites for hydroxylation is 1. The summed E-state index contributed by atoms with van der Waals surface area (Å²) in [7, 11) is 0. The summed E-state index contributed by atoms with van der Waals surface area (Å²) in [5, 5.41) is 3.96. The molecule has 0 fully saturated rings. The van der Waals surface area contributed by atoms with Gasteiger partial charge in [-0.25, -0.2) is 14.5 Å². The molecule has 3 rings (SSSR count). The van der Waals surface area contributed by atoms with Crippen LogP contribution in [0.1, 0.15) is 49.2 Å². The first-order valence-electron chi connectivity index (χ1n) is 8.46. The molecule has 142 valence electrons. The van der Waals surface area contributed by atoms with Crippen LogP contribution in [0.15, 0.2) is 41.2 Å². The van der Waals surface area contributed by atoms with Crippen LogP contribution in [0.3, 0.4) is 0 Å². The van der Waals surface area contributed by atoms with E-state index in [1.165, 1.54) is 25.1 Å². The van der Waals surface area contributed by atoms with Gasteiger partial charge in [0, 0.05) is 12.6 Å². The Labute approximate surface area is 153 Å². The number of rotatable bonds is 6. The van der Waals surface area contributed by atoms with Crippen LogP contribution in [0, 0.1) is 0 Å². The molecule has 0 aliphatic heterocycles. The lowest BCUT2D eigenvalue weighted by atomic mass is 10.3. The minimum Gasteiger partial charge on any atom is -0.450 e. The second-order valence-electron chi connectivity index (χ2n) is 5.93. The van der Waals surface area contributed by atoms with E-state index in [1.54, 1.807) is 18.2 Å². The maximum absolute atomic E-state index is 13.5. The zero-order valence-corrected chi connectivity index (χ0v) is 14.8. The third-order valence-electron chi connectivity index (χ3n) is 3.98. The van der Waals surface area contributed by atoms with Crippen LogP contribution in [0.25, 0.3) is 11.0 Å². The van der Waals surface area contributed by atoms with Gasteiger partial charge in [0.2, 0.25) is 0 Å². The van der Waals surface area contributed by atoms with Crippen molar-refractivity contribution in [3.63, 3.8) is 0 Å². The molecule has 7 nitrogen and oxygen atoms in total. The number of para-hydroxylation sites is 2.